The molecule has 0 radical (unpaired) electrons. The Morgan fingerprint density at radius 3 is 2.50 bits per heavy atom. The van der Waals surface area contributed by atoms with E-state index in [0.717, 1.165) is 11.3 Å². The molecule has 0 bridgehead atoms. The van der Waals surface area contributed by atoms with E-state index in [2.05, 4.69) is 31.9 Å². The first-order chi connectivity index (χ1) is 8.27. The summed E-state index contributed by atoms with van der Waals surface area (Å²) in [7, 11) is -3.94. The van der Waals surface area contributed by atoms with Crippen LogP contribution in [0, 0.1) is 0 Å². The summed E-state index contributed by atoms with van der Waals surface area (Å²) in [6, 6.07) is 0.0140. The maximum atomic E-state index is 12.0. The Balaban J connectivity index is 3.00. The highest BCUT2D eigenvalue weighted by Gasteiger charge is 2.27. The number of carboxylic acids is 1. The molecule has 0 aliphatic carbocycles. The maximum absolute atomic E-state index is 12.0. The number of sulfonamides is 1. The molecule has 6 nitrogen and oxygen atoms in total. The number of aliphatic hydroxyl groups is 1. The summed E-state index contributed by atoms with van der Waals surface area (Å²) in [6.45, 7) is -0.423. The Morgan fingerprint density at radius 2 is 2.11 bits per heavy atom. The van der Waals surface area contributed by atoms with E-state index in [-0.39, 0.29) is 11.3 Å². The first kappa shape index (κ1) is 16.1. The van der Waals surface area contributed by atoms with Crippen molar-refractivity contribution < 1.29 is 23.4 Å². The van der Waals surface area contributed by atoms with Crippen molar-refractivity contribution in [2.75, 3.05) is 6.61 Å². The lowest BCUT2D eigenvalue weighted by Crippen LogP contribution is -2.41. The van der Waals surface area contributed by atoms with Crippen molar-refractivity contribution in [3.63, 3.8) is 0 Å². The van der Waals surface area contributed by atoms with Crippen molar-refractivity contribution in [3.8, 4) is 0 Å². The number of aliphatic carboxylic acids is 1. The van der Waals surface area contributed by atoms with E-state index in [9.17, 15) is 13.2 Å². The molecule has 1 aromatic heterocycles. The van der Waals surface area contributed by atoms with Crippen LogP contribution in [0.3, 0.4) is 0 Å². The number of hydrogen-bond acceptors (Lipinski definition) is 5. The van der Waals surface area contributed by atoms with Crippen molar-refractivity contribution >= 4 is 59.2 Å². The molecule has 18 heavy (non-hydrogen) atoms. The zero-order valence-electron chi connectivity index (χ0n) is 8.76. The van der Waals surface area contributed by atoms with Gasteiger partial charge in [-0.3, -0.25) is 4.79 Å². The highest BCUT2D eigenvalue weighted by atomic mass is 79.9. The van der Waals surface area contributed by atoms with Gasteiger partial charge in [0.25, 0.3) is 0 Å². The molecule has 0 saturated heterocycles. The van der Waals surface area contributed by atoms with Crippen LogP contribution in [0.15, 0.2) is 18.5 Å². The smallest absolute Gasteiger partial charge is 0.321 e. The Hall–Kier alpha value is -0.000000000000000333. The summed E-state index contributed by atoms with van der Waals surface area (Å²) in [5.74, 6) is -1.34. The normalized spacial score (nSPS) is 13.5. The van der Waals surface area contributed by atoms with Gasteiger partial charge >= 0.3 is 5.97 Å². The Kier molecular flexibility index (Phi) is 5.74. The highest BCUT2D eigenvalue weighted by molar-refractivity contribution is 9.12. The van der Waals surface area contributed by atoms with E-state index < -0.39 is 28.6 Å². The fraction of sp³-hybridized carbons (Fsp3) is 0.375. The van der Waals surface area contributed by atoms with E-state index in [1.54, 1.807) is 0 Å². The Bertz CT molecular complexity index is 542. The molecule has 0 amide bonds. The molecule has 1 atom stereocenters. The van der Waals surface area contributed by atoms with Crippen molar-refractivity contribution in [2.45, 2.75) is 17.4 Å². The summed E-state index contributed by atoms with van der Waals surface area (Å²) in [4.78, 5) is 10.8. The minimum Gasteiger partial charge on any atom is -0.480 e. The molecule has 1 aromatic rings. The average molecular weight is 423 g/mol. The zero-order chi connectivity index (χ0) is 13.9. The minimum atomic E-state index is -3.94. The van der Waals surface area contributed by atoms with Gasteiger partial charge in [-0.1, -0.05) is 0 Å². The van der Waals surface area contributed by atoms with Crippen LogP contribution in [0.5, 0.6) is 0 Å². The summed E-state index contributed by atoms with van der Waals surface area (Å²) in [6.07, 6.45) is -0.197. The van der Waals surface area contributed by atoms with Crippen molar-refractivity contribution in [1.29, 1.82) is 0 Å². The third-order valence-electron chi connectivity index (χ3n) is 1.93. The minimum absolute atomic E-state index is 0.0384. The van der Waals surface area contributed by atoms with E-state index >= 15 is 0 Å². The van der Waals surface area contributed by atoms with Gasteiger partial charge in [-0.15, -0.1) is 11.3 Å². The predicted octanol–water partition coefficient (Wildman–Crippen LogP) is 1.39. The van der Waals surface area contributed by atoms with Gasteiger partial charge < -0.3 is 10.2 Å². The predicted molar refractivity (Wildman–Crippen MR) is 73.2 cm³/mol. The standard InChI is InChI=1S/C8H9Br2NO5S2/c9-6-3-5(7(10)17-6)18(15,16)11-4(1-2-12)8(13)14/h3-4,11-12H,1-2H2,(H,13,14)/t4-/m1/s1. The van der Waals surface area contributed by atoms with Crippen LogP contribution in [-0.4, -0.2) is 37.2 Å². The highest BCUT2D eigenvalue weighted by Crippen LogP contribution is 2.34. The molecule has 102 valence electrons. The maximum Gasteiger partial charge on any atom is 0.321 e. The van der Waals surface area contributed by atoms with Crippen molar-refractivity contribution in [3.05, 3.63) is 13.6 Å². The molecule has 0 spiro atoms. The lowest BCUT2D eigenvalue weighted by Gasteiger charge is -2.13. The largest absolute Gasteiger partial charge is 0.480 e. The van der Waals surface area contributed by atoms with Gasteiger partial charge in [0.2, 0.25) is 10.0 Å². The Morgan fingerprint density at radius 1 is 1.50 bits per heavy atom. The van der Waals surface area contributed by atoms with Gasteiger partial charge in [-0.05, 0) is 44.3 Å². The molecule has 0 saturated carbocycles. The average Bonchev–Trinajstić information content (AvgIpc) is 2.57. The fourth-order valence-electron chi connectivity index (χ4n) is 1.12. The van der Waals surface area contributed by atoms with Gasteiger partial charge in [0, 0.05) is 6.61 Å². The topological polar surface area (TPSA) is 104 Å². The Labute approximate surface area is 124 Å². The third-order valence-corrected chi connectivity index (χ3v) is 6.15. The molecule has 0 fully saturated rings. The van der Waals surface area contributed by atoms with Crippen LogP contribution in [-0.2, 0) is 14.8 Å². The molecule has 1 heterocycles. The van der Waals surface area contributed by atoms with Crippen LogP contribution >= 0.6 is 43.2 Å². The lowest BCUT2D eigenvalue weighted by atomic mass is 10.2. The molecule has 3 N–H and O–H groups in total. The van der Waals surface area contributed by atoms with Crippen LogP contribution in [0.4, 0.5) is 0 Å². The number of aliphatic hydroxyl groups excluding tert-OH is 1. The molecule has 10 heteroatoms. The summed E-state index contributed by atoms with van der Waals surface area (Å²) >= 11 is 7.40. The molecular formula is C8H9Br2NO5S2. The number of nitrogens with one attached hydrogen (secondary N) is 1. The van der Waals surface area contributed by atoms with Gasteiger partial charge in [0.05, 0.1) is 7.57 Å². The van der Waals surface area contributed by atoms with E-state index in [0.29, 0.717) is 7.57 Å². The van der Waals surface area contributed by atoms with Crippen LogP contribution < -0.4 is 4.72 Å². The lowest BCUT2D eigenvalue weighted by molar-refractivity contribution is -0.139. The molecule has 0 aromatic carbocycles. The number of rotatable bonds is 6. The second-order valence-corrected chi connectivity index (χ2v) is 8.64. The first-order valence-corrected chi connectivity index (χ1v) is 8.47. The SMILES string of the molecule is O=C(O)[C@@H](CCO)NS(=O)(=O)c1cc(Br)sc1Br. The summed E-state index contributed by atoms with van der Waals surface area (Å²) in [5.41, 5.74) is 0. The number of halogens is 2. The van der Waals surface area contributed by atoms with Gasteiger partial charge in [-0.25, -0.2) is 8.42 Å². The van der Waals surface area contributed by atoms with Crippen LogP contribution in [0.25, 0.3) is 0 Å². The van der Waals surface area contributed by atoms with Gasteiger partial charge in [0.15, 0.2) is 0 Å². The van der Waals surface area contributed by atoms with Crippen molar-refractivity contribution in [2.24, 2.45) is 0 Å². The number of carboxylic acid groups (broad SMARTS) is 1. The van der Waals surface area contributed by atoms with E-state index in [4.69, 9.17) is 10.2 Å². The number of carbonyl (C=O) groups is 1. The van der Waals surface area contributed by atoms with Crippen LogP contribution in [0.2, 0.25) is 0 Å². The monoisotopic (exact) mass is 421 g/mol. The molecule has 1 rings (SSSR count). The van der Waals surface area contributed by atoms with E-state index in [1.165, 1.54) is 6.07 Å². The fourth-order valence-corrected chi connectivity index (χ4v) is 6.16. The number of thiophene rings is 1. The van der Waals surface area contributed by atoms with E-state index in [1.807, 2.05) is 4.72 Å². The second-order valence-electron chi connectivity index (χ2n) is 3.21. The van der Waals surface area contributed by atoms with Crippen molar-refractivity contribution in [1.82, 2.24) is 4.72 Å². The molecular weight excluding hydrogens is 414 g/mol. The first-order valence-electron chi connectivity index (χ1n) is 4.58. The van der Waals surface area contributed by atoms with Crippen LogP contribution in [0.1, 0.15) is 6.42 Å². The third kappa shape index (κ3) is 4.00. The molecule has 0 aliphatic rings. The summed E-state index contributed by atoms with van der Waals surface area (Å²) in [5, 5.41) is 17.5. The van der Waals surface area contributed by atoms with Gasteiger partial charge in [0.1, 0.15) is 10.9 Å². The number of hydrogen-bond donors (Lipinski definition) is 3. The molecule has 0 aliphatic heterocycles. The second kappa shape index (κ2) is 6.44. The quantitative estimate of drug-likeness (QED) is 0.642. The summed E-state index contributed by atoms with van der Waals surface area (Å²) < 4.78 is 26.9. The zero-order valence-corrected chi connectivity index (χ0v) is 13.6. The molecule has 0 unspecified atom stereocenters. The van der Waals surface area contributed by atoms with Gasteiger partial charge in [-0.2, -0.15) is 4.72 Å².